The molecule has 5 aliphatic rings. The van der Waals surface area contributed by atoms with Crippen LogP contribution < -0.4 is 11.1 Å². The average molecular weight is 456 g/mol. The van der Waals surface area contributed by atoms with E-state index in [-0.39, 0.29) is 34.1 Å². The predicted octanol–water partition coefficient (Wildman–Crippen LogP) is 3.66. The highest BCUT2D eigenvalue weighted by Crippen LogP contribution is 2.60. The maximum absolute atomic E-state index is 13.4. The zero-order chi connectivity index (χ0) is 22.7. The van der Waals surface area contributed by atoms with Gasteiger partial charge in [0.05, 0.1) is 0 Å². The third kappa shape index (κ3) is 3.98. The summed E-state index contributed by atoms with van der Waals surface area (Å²) in [6.07, 6.45) is 4.97. The zero-order valence-electron chi connectivity index (χ0n) is 19.6. The molecule has 3 atom stereocenters. The van der Waals surface area contributed by atoms with Gasteiger partial charge in [-0.25, -0.2) is 0 Å². The summed E-state index contributed by atoms with van der Waals surface area (Å²) in [5.41, 5.74) is 8.27. The zero-order valence-corrected chi connectivity index (χ0v) is 20.4. The molecule has 4 saturated carbocycles. The number of carbonyl (C=O) groups excluding carboxylic acids is 2. The highest BCUT2D eigenvalue weighted by molar-refractivity contribution is 8.00. The molecule has 1 aromatic carbocycles. The number of thioether (sulfide) groups is 1. The molecular formula is C26H37N3O2S. The van der Waals surface area contributed by atoms with E-state index in [9.17, 15) is 9.59 Å². The first-order chi connectivity index (χ1) is 15.1. The molecule has 0 spiro atoms. The van der Waals surface area contributed by atoms with Gasteiger partial charge in [0, 0.05) is 30.3 Å². The SMILES string of the molecule is CC(C)(C)c1ccc(CN2CCSC2C(=O)NC2C3CC4CC2CC(C(N)=O)(C4)C3)cc1. The minimum Gasteiger partial charge on any atom is -0.369 e. The lowest BCUT2D eigenvalue weighted by Gasteiger charge is -2.58. The molecule has 4 bridgehead atoms. The van der Waals surface area contributed by atoms with Gasteiger partial charge in [0.25, 0.3) is 0 Å². The molecule has 1 heterocycles. The molecule has 5 fully saturated rings. The van der Waals surface area contributed by atoms with E-state index < -0.39 is 0 Å². The van der Waals surface area contributed by atoms with Crippen LogP contribution in [0, 0.1) is 23.2 Å². The number of carbonyl (C=O) groups is 2. The summed E-state index contributed by atoms with van der Waals surface area (Å²) in [5.74, 6) is 2.45. The number of nitrogens with zero attached hydrogens (tertiary/aromatic N) is 1. The normalized spacial score (nSPS) is 36.4. The van der Waals surface area contributed by atoms with Gasteiger partial charge in [-0.3, -0.25) is 14.5 Å². The fourth-order valence-corrected chi connectivity index (χ4v) is 8.22. The summed E-state index contributed by atoms with van der Waals surface area (Å²) in [7, 11) is 0. The van der Waals surface area contributed by atoms with E-state index in [0.717, 1.165) is 50.9 Å². The van der Waals surface area contributed by atoms with Crippen LogP contribution in [-0.4, -0.2) is 40.4 Å². The molecule has 2 amide bonds. The maximum Gasteiger partial charge on any atom is 0.247 e. The van der Waals surface area contributed by atoms with Gasteiger partial charge in [-0.2, -0.15) is 0 Å². The van der Waals surface area contributed by atoms with E-state index in [1.807, 2.05) is 0 Å². The van der Waals surface area contributed by atoms with Crippen molar-refractivity contribution in [1.82, 2.24) is 10.2 Å². The molecule has 6 rings (SSSR count). The molecular weight excluding hydrogens is 418 g/mol. The van der Waals surface area contributed by atoms with Crippen molar-refractivity contribution in [2.45, 2.75) is 76.3 Å². The van der Waals surface area contributed by atoms with E-state index in [1.54, 1.807) is 11.8 Å². The van der Waals surface area contributed by atoms with E-state index >= 15 is 0 Å². The van der Waals surface area contributed by atoms with Gasteiger partial charge in [0.1, 0.15) is 5.37 Å². The molecule has 32 heavy (non-hydrogen) atoms. The van der Waals surface area contributed by atoms with Crippen LogP contribution >= 0.6 is 11.8 Å². The minimum atomic E-state index is -0.301. The van der Waals surface area contributed by atoms with Crippen LogP contribution in [0.4, 0.5) is 0 Å². The molecule has 1 aliphatic heterocycles. The van der Waals surface area contributed by atoms with Crippen molar-refractivity contribution in [2.75, 3.05) is 12.3 Å². The fraction of sp³-hybridized carbons (Fsp3) is 0.692. The molecule has 4 aliphatic carbocycles. The summed E-state index contributed by atoms with van der Waals surface area (Å²) in [4.78, 5) is 27.9. The van der Waals surface area contributed by atoms with Gasteiger partial charge in [-0.05, 0) is 66.4 Å². The van der Waals surface area contributed by atoms with Crippen LogP contribution in [0.5, 0.6) is 0 Å². The molecule has 5 nitrogen and oxygen atoms in total. The lowest BCUT2D eigenvalue weighted by Crippen LogP contribution is -2.63. The van der Waals surface area contributed by atoms with E-state index in [0.29, 0.717) is 17.8 Å². The van der Waals surface area contributed by atoms with Crippen molar-refractivity contribution in [2.24, 2.45) is 28.9 Å². The lowest BCUT2D eigenvalue weighted by molar-refractivity contribution is -0.147. The lowest BCUT2D eigenvalue weighted by atomic mass is 9.47. The van der Waals surface area contributed by atoms with Gasteiger partial charge >= 0.3 is 0 Å². The van der Waals surface area contributed by atoms with Crippen molar-refractivity contribution in [3.8, 4) is 0 Å². The van der Waals surface area contributed by atoms with Gasteiger partial charge < -0.3 is 11.1 Å². The van der Waals surface area contributed by atoms with Gasteiger partial charge in [0.2, 0.25) is 11.8 Å². The third-order valence-electron chi connectivity index (χ3n) is 8.52. The second-order valence-electron chi connectivity index (χ2n) is 11.8. The monoisotopic (exact) mass is 455 g/mol. The number of rotatable bonds is 5. The van der Waals surface area contributed by atoms with Crippen LogP contribution in [0.25, 0.3) is 0 Å². The Bertz CT molecular complexity index is 877. The van der Waals surface area contributed by atoms with Gasteiger partial charge in [-0.15, -0.1) is 11.8 Å². The van der Waals surface area contributed by atoms with Crippen molar-refractivity contribution >= 4 is 23.6 Å². The Labute approximate surface area is 196 Å². The third-order valence-corrected chi connectivity index (χ3v) is 9.77. The minimum absolute atomic E-state index is 0.114. The fourth-order valence-electron chi connectivity index (χ4n) is 7.05. The number of primary amides is 1. The Kier molecular flexibility index (Phi) is 5.60. The molecule has 6 heteroatoms. The average Bonchev–Trinajstić information content (AvgIpc) is 3.18. The first kappa shape index (κ1) is 22.3. The molecule has 0 aromatic heterocycles. The standard InChI is InChI=1S/C26H37N3O2S/c1-25(2,3)20-6-4-16(5-7-20)15-29-8-9-32-23(29)22(30)28-21-18-10-17-11-19(21)14-26(12-17,13-18)24(27)31/h4-7,17-19,21,23H,8-15H2,1-3H3,(H2,27,31)(H,28,30). The second kappa shape index (κ2) is 8.05. The quantitative estimate of drug-likeness (QED) is 0.711. The van der Waals surface area contributed by atoms with Crippen molar-refractivity contribution in [3.63, 3.8) is 0 Å². The number of hydrogen-bond donors (Lipinski definition) is 2. The summed E-state index contributed by atoms with van der Waals surface area (Å²) in [6, 6.07) is 9.06. The van der Waals surface area contributed by atoms with E-state index in [4.69, 9.17) is 5.73 Å². The Morgan fingerprint density at radius 1 is 1.12 bits per heavy atom. The van der Waals surface area contributed by atoms with E-state index in [2.05, 4.69) is 55.3 Å². The molecule has 1 saturated heterocycles. The number of nitrogens with one attached hydrogen (secondary N) is 1. The van der Waals surface area contributed by atoms with Crippen molar-refractivity contribution < 1.29 is 9.59 Å². The number of amides is 2. The summed E-state index contributed by atoms with van der Waals surface area (Å²) < 4.78 is 0. The highest BCUT2D eigenvalue weighted by Gasteiger charge is 2.58. The highest BCUT2D eigenvalue weighted by atomic mass is 32.2. The molecule has 3 unspecified atom stereocenters. The number of hydrogen-bond acceptors (Lipinski definition) is 4. The predicted molar refractivity (Wildman–Crippen MR) is 129 cm³/mol. The maximum atomic E-state index is 13.4. The van der Waals surface area contributed by atoms with Crippen LogP contribution in [-0.2, 0) is 21.5 Å². The van der Waals surface area contributed by atoms with Gasteiger partial charge in [-0.1, -0.05) is 45.0 Å². The van der Waals surface area contributed by atoms with Gasteiger partial charge in [0.15, 0.2) is 0 Å². The summed E-state index contributed by atoms with van der Waals surface area (Å²) in [5, 5.41) is 3.33. The smallest absolute Gasteiger partial charge is 0.247 e. The first-order valence-corrected chi connectivity index (χ1v) is 13.2. The molecule has 1 aromatic rings. The Balaban J connectivity index is 1.23. The Morgan fingerprint density at radius 3 is 2.38 bits per heavy atom. The number of benzene rings is 1. The van der Waals surface area contributed by atoms with Crippen LogP contribution in [0.3, 0.4) is 0 Å². The molecule has 174 valence electrons. The molecule has 0 radical (unpaired) electrons. The van der Waals surface area contributed by atoms with Crippen molar-refractivity contribution in [1.29, 1.82) is 0 Å². The van der Waals surface area contributed by atoms with Crippen molar-refractivity contribution in [3.05, 3.63) is 35.4 Å². The van der Waals surface area contributed by atoms with Crippen LogP contribution in [0.2, 0.25) is 0 Å². The molecule has 3 N–H and O–H groups in total. The van der Waals surface area contributed by atoms with Crippen LogP contribution in [0.15, 0.2) is 24.3 Å². The Hall–Kier alpha value is -1.53. The van der Waals surface area contributed by atoms with Crippen LogP contribution in [0.1, 0.15) is 64.0 Å². The topological polar surface area (TPSA) is 75.4 Å². The number of nitrogens with two attached hydrogens (primary N) is 1. The second-order valence-corrected chi connectivity index (χ2v) is 13.0. The summed E-state index contributed by atoms with van der Waals surface area (Å²) >= 11 is 1.76. The summed E-state index contributed by atoms with van der Waals surface area (Å²) in [6.45, 7) is 8.44. The first-order valence-electron chi connectivity index (χ1n) is 12.2. The Morgan fingerprint density at radius 2 is 1.78 bits per heavy atom. The largest absolute Gasteiger partial charge is 0.369 e. The van der Waals surface area contributed by atoms with E-state index in [1.165, 1.54) is 11.1 Å².